The van der Waals surface area contributed by atoms with Gasteiger partial charge in [0.25, 0.3) is 0 Å². The van der Waals surface area contributed by atoms with Gasteiger partial charge in [0.05, 0.1) is 11.6 Å². The van der Waals surface area contributed by atoms with Gasteiger partial charge in [0.15, 0.2) is 0 Å². The summed E-state index contributed by atoms with van der Waals surface area (Å²) in [5.74, 6) is 0.995. The molecule has 1 aromatic heterocycles. The Morgan fingerprint density at radius 3 is 2.78 bits per heavy atom. The van der Waals surface area contributed by atoms with Gasteiger partial charge in [-0.25, -0.2) is 4.98 Å². The van der Waals surface area contributed by atoms with Crippen molar-refractivity contribution in [2.75, 3.05) is 0 Å². The van der Waals surface area contributed by atoms with Crippen molar-refractivity contribution in [3.63, 3.8) is 0 Å². The molecule has 0 fully saturated rings. The number of hydrogen-bond donors (Lipinski definition) is 1. The van der Waals surface area contributed by atoms with Gasteiger partial charge in [-0.3, -0.25) is 0 Å². The van der Waals surface area contributed by atoms with Crippen LogP contribution in [-0.4, -0.2) is 10.1 Å². The number of hydrogen-bond acceptors (Lipinski definition) is 3. The monoisotopic (exact) mass is 283 g/mol. The smallest absolute Gasteiger partial charge is 0.219 e. The molecule has 5 heteroatoms. The summed E-state index contributed by atoms with van der Waals surface area (Å²) < 4.78 is 5.62. The Labute approximate surface area is 115 Å². The van der Waals surface area contributed by atoms with Crippen molar-refractivity contribution >= 4 is 23.2 Å². The molecule has 0 saturated carbocycles. The van der Waals surface area contributed by atoms with E-state index < -0.39 is 0 Å². The number of aryl methyl sites for hydroxylation is 1. The molecule has 0 unspecified atom stereocenters. The van der Waals surface area contributed by atoms with E-state index in [2.05, 4.69) is 4.98 Å². The average Bonchev–Trinajstić information content (AvgIpc) is 2.36. The summed E-state index contributed by atoms with van der Waals surface area (Å²) in [4.78, 5) is 4.04. The summed E-state index contributed by atoms with van der Waals surface area (Å²) in [6.45, 7) is 1.75. The Morgan fingerprint density at radius 2 is 2.06 bits per heavy atom. The fraction of sp³-hybridized carbons (Fsp3) is 0.154. The molecular weight excluding hydrogens is 273 g/mol. The van der Waals surface area contributed by atoms with Gasteiger partial charge in [-0.05, 0) is 24.6 Å². The molecule has 0 aliphatic carbocycles. The first kappa shape index (κ1) is 13.1. The lowest BCUT2D eigenvalue weighted by Gasteiger charge is -2.09. The van der Waals surface area contributed by atoms with E-state index in [1.165, 1.54) is 6.20 Å². The summed E-state index contributed by atoms with van der Waals surface area (Å²) in [6, 6.07) is 6.97. The van der Waals surface area contributed by atoms with Gasteiger partial charge in [-0.15, -0.1) is 0 Å². The average molecular weight is 284 g/mol. The minimum Gasteiger partial charge on any atom is -0.439 e. The Morgan fingerprint density at radius 1 is 1.28 bits per heavy atom. The third-order valence-corrected chi connectivity index (χ3v) is 3.02. The fourth-order valence-electron chi connectivity index (χ4n) is 1.43. The standard InChI is InChI=1S/C13H11Cl2NO2/c1-8-2-3-10(14)5-12(8)18-13-4-9(7-17)11(15)6-16-13/h2-6,17H,7H2,1H3. The number of pyridine rings is 1. The molecule has 0 atom stereocenters. The van der Waals surface area contributed by atoms with Gasteiger partial charge >= 0.3 is 0 Å². The van der Waals surface area contributed by atoms with E-state index in [-0.39, 0.29) is 6.61 Å². The molecule has 0 saturated heterocycles. The normalized spacial score (nSPS) is 10.4. The summed E-state index contributed by atoms with van der Waals surface area (Å²) in [6.07, 6.45) is 1.45. The topological polar surface area (TPSA) is 42.4 Å². The number of aliphatic hydroxyl groups excluding tert-OH is 1. The van der Waals surface area contributed by atoms with E-state index in [1.54, 1.807) is 18.2 Å². The molecule has 1 N–H and O–H groups in total. The Balaban J connectivity index is 2.31. The van der Waals surface area contributed by atoms with Crippen molar-refractivity contribution in [1.29, 1.82) is 0 Å². The largest absolute Gasteiger partial charge is 0.439 e. The summed E-state index contributed by atoms with van der Waals surface area (Å²) in [5.41, 5.74) is 1.52. The summed E-state index contributed by atoms with van der Waals surface area (Å²) in [7, 11) is 0. The van der Waals surface area contributed by atoms with Crippen molar-refractivity contribution in [2.45, 2.75) is 13.5 Å². The van der Waals surface area contributed by atoms with E-state index in [0.717, 1.165) is 5.56 Å². The minimum atomic E-state index is -0.160. The molecule has 0 aliphatic heterocycles. The summed E-state index contributed by atoms with van der Waals surface area (Å²) in [5, 5.41) is 10.1. The predicted molar refractivity (Wildman–Crippen MR) is 71.4 cm³/mol. The Bertz CT molecular complexity index is 573. The van der Waals surface area contributed by atoms with Crippen molar-refractivity contribution in [3.8, 4) is 11.6 Å². The molecule has 0 spiro atoms. The molecule has 0 bridgehead atoms. The van der Waals surface area contributed by atoms with Crippen molar-refractivity contribution in [1.82, 2.24) is 4.98 Å². The van der Waals surface area contributed by atoms with E-state index in [4.69, 9.17) is 33.0 Å². The SMILES string of the molecule is Cc1ccc(Cl)cc1Oc1cc(CO)c(Cl)cn1. The number of aromatic nitrogens is 1. The second-order valence-corrected chi connectivity index (χ2v) is 4.63. The van der Waals surface area contributed by atoms with Crippen LogP contribution < -0.4 is 4.74 Å². The molecule has 2 aromatic rings. The molecule has 18 heavy (non-hydrogen) atoms. The first-order valence-electron chi connectivity index (χ1n) is 5.29. The van der Waals surface area contributed by atoms with Crippen LogP contribution in [0.1, 0.15) is 11.1 Å². The van der Waals surface area contributed by atoms with E-state index in [9.17, 15) is 0 Å². The zero-order chi connectivity index (χ0) is 13.1. The van der Waals surface area contributed by atoms with Crippen LogP contribution >= 0.6 is 23.2 Å². The van der Waals surface area contributed by atoms with Gasteiger partial charge in [0, 0.05) is 22.8 Å². The molecule has 2 rings (SSSR count). The molecule has 1 heterocycles. The van der Waals surface area contributed by atoms with Gasteiger partial charge in [0.2, 0.25) is 5.88 Å². The quantitative estimate of drug-likeness (QED) is 0.926. The molecule has 0 radical (unpaired) electrons. The third kappa shape index (κ3) is 2.93. The molecule has 3 nitrogen and oxygen atoms in total. The second-order valence-electron chi connectivity index (χ2n) is 3.78. The van der Waals surface area contributed by atoms with Crippen LogP contribution in [0.4, 0.5) is 0 Å². The van der Waals surface area contributed by atoms with Crippen LogP contribution in [0.25, 0.3) is 0 Å². The molecular formula is C13H11Cl2NO2. The Hall–Kier alpha value is -1.29. The van der Waals surface area contributed by atoms with Crippen LogP contribution in [-0.2, 0) is 6.61 Å². The first-order chi connectivity index (χ1) is 8.60. The number of ether oxygens (including phenoxy) is 1. The highest BCUT2D eigenvalue weighted by molar-refractivity contribution is 6.31. The highest BCUT2D eigenvalue weighted by Crippen LogP contribution is 2.28. The molecule has 0 amide bonds. The minimum absolute atomic E-state index is 0.160. The molecule has 1 aromatic carbocycles. The van der Waals surface area contributed by atoms with Gasteiger partial charge in [-0.2, -0.15) is 0 Å². The van der Waals surface area contributed by atoms with Crippen molar-refractivity contribution < 1.29 is 9.84 Å². The van der Waals surface area contributed by atoms with Crippen LogP contribution in [0.3, 0.4) is 0 Å². The van der Waals surface area contributed by atoms with Crippen LogP contribution in [0.15, 0.2) is 30.5 Å². The zero-order valence-electron chi connectivity index (χ0n) is 9.65. The maximum atomic E-state index is 9.12. The number of nitrogens with zero attached hydrogens (tertiary/aromatic N) is 1. The van der Waals surface area contributed by atoms with Crippen molar-refractivity contribution in [3.05, 3.63) is 51.6 Å². The zero-order valence-corrected chi connectivity index (χ0v) is 11.2. The van der Waals surface area contributed by atoms with Gasteiger partial charge in [0.1, 0.15) is 5.75 Å². The van der Waals surface area contributed by atoms with E-state index in [0.29, 0.717) is 27.2 Å². The lowest BCUT2D eigenvalue weighted by molar-refractivity contribution is 0.281. The predicted octanol–water partition coefficient (Wildman–Crippen LogP) is 3.98. The lowest BCUT2D eigenvalue weighted by Crippen LogP contribution is -1.93. The van der Waals surface area contributed by atoms with Crippen LogP contribution in [0.5, 0.6) is 11.6 Å². The van der Waals surface area contributed by atoms with Gasteiger partial charge in [-0.1, -0.05) is 29.3 Å². The molecule has 94 valence electrons. The number of rotatable bonds is 3. The highest BCUT2D eigenvalue weighted by atomic mass is 35.5. The Kier molecular flexibility index (Phi) is 4.07. The molecule has 0 aliphatic rings. The maximum absolute atomic E-state index is 9.12. The maximum Gasteiger partial charge on any atom is 0.219 e. The number of benzene rings is 1. The lowest BCUT2D eigenvalue weighted by atomic mass is 10.2. The number of halogens is 2. The van der Waals surface area contributed by atoms with E-state index >= 15 is 0 Å². The van der Waals surface area contributed by atoms with E-state index in [1.807, 2.05) is 13.0 Å². The van der Waals surface area contributed by atoms with Gasteiger partial charge < -0.3 is 9.84 Å². The highest BCUT2D eigenvalue weighted by Gasteiger charge is 2.06. The third-order valence-electron chi connectivity index (χ3n) is 2.44. The number of aliphatic hydroxyl groups is 1. The fourth-order valence-corrected chi connectivity index (χ4v) is 1.76. The van der Waals surface area contributed by atoms with Crippen molar-refractivity contribution in [2.24, 2.45) is 0 Å². The first-order valence-corrected chi connectivity index (χ1v) is 6.05. The van der Waals surface area contributed by atoms with Crippen LogP contribution in [0.2, 0.25) is 10.0 Å². The second kappa shape index (κ2) is 5.57. The van der Waals surface area contributed by atoms with Crippen LogP contribution in [0, 0.1) is 6.92 Å². The summed E-state index contributed by atoms with van der Waals surface area (Å²) >= 11 is 11.8.